The van der Waals surface area contributed by atoms with E-state index in [2.05, 4.69) is 62.5 Å². The van der Waals surface area contributed by atoms with Crippen LogP contribution < -0.4 is 4.89 Å². The van der Waals surface area contributed by atoms with E-state index in [9.17, 15) is 19.0 Å². The number of phosphoric ester groups is 1. The SMILES string of the molecule is CC/C=C\C/C=C\C/C=C\C/C=C\CCCCCCCCCCCCCCCCCCCCCCCCC(=O)OC(COC(=O)CCCCCCCCCCCCCCCCCCCCCCCCCCCCCCCCCCCC)COP(=O)([O-])OCC[N+](C)(C)C. The molecule has 0 aliphatic rings. The van der Waals surface area contributed by atoms with E-state index >= 15 is 0 Å². The lowest BCUT2D eigenvalue weighted by Gasteiger charge is -2.28. The third kappa shape index (κ3) is 78.8. The summed E-state index contributed by atoms with van der Waals surface area (Å²) in [4.78, 5) is 38.2. The van der Waals surface area contributed by atoms with Crippen LogP contribution in [-0.4, -0.2) is 70.0 Å². The molecule has 0 aliphatic carbocycles. The number of quaternary nitrogens is 1. The van der Waals surface area contributed by atoms with Crippen molar-refractivity contribution < 1.29 is 42.1 Å². The van der Waals surface area contributed by atoms with E-state index < -0.39 is 26.5 Å². The molecule has 9 nitrogen and oxygen atoms in total. The van der Waals surface area contributed by atoms with Gasteiger partial charge >= 0.3 is 11.9 Å². The molecule has 0 rings (SSSR count). The number of likely N-dealkylation sites (N-methyl/N-ethyl adjacent to an activating group) is 1. The molecule has 0 aromatic heterocycles. The minimum Gasteiger partial charge on any atom is -0.756 e. The standard InChI is InChI=1S/C83H158NO8P/c1-6-8-10-12-14-16-18-20-22-24-26-28-30-32-34-36-38-40-42-44-46-48-50-52-54-56-58-60-62-64-66-68-70-72-74-76-83(86)92-81(80-91-93(87,88)90-78-77-84(3,4)5)79-89-82(85)75-73-71-69-67-65-63-61-59-57-55-53-51-49-47-45-43-41-39-37-35-33-31-29-27-25-23-21-19-17-15-13-11-9-7-2/h8,10,14,16,20,22,26,28,81H,6-7,9,11-13,15,17-19,21,23-25,27,29-80H2,1-5H3/b10-8-,16-14-,22-20-,28-26-. The normalized spacial score (nSPS) is 13.2. The van der Waals surface area contributed by atoms with Crippen LogP contribution in [0.5, 0.6) is 0 Å². The molecule has 0 saturated carbocycles. The number of carbonyl (C=O) groups is 2. The molecule has 0 aliphatic heterocycles. The fourth-order valence-corrected chi connectivity index (χ4v) is 13.1. The molecular weight excluding hydrogens is 1170 g/mol. The van der Waals surface area contributed by atoms with Gasteiger partial charge in [0, 0.05) is 12.8 Å². The molecule has 0 radical (unpaired) electrons. The maximum Gasteiger partial charge on any atom is 0.306 e. The quantitative estimate of drug-likeness (QED) is 0.0195. The van der Waals surface area contributed by atoms with Gasteiger partial charge in [0.15, 0.2) is 6.10 Å². The second kappa shape index (κ2) is 74.2. The van der Waals surface area contributed by atoms with E-state index in [1.807, 2.05) is 21.1 Å². The first kappa shape index (κ1) is 91.0. The highest BCUT2D eigenvalue weighted by Gasteiger charge is 2.22. The molecule has 2 unspecified atom stereocenters. The van der Waals surface area contributed by atoms with Gasteiger partial charge in [0.1, 0.15) is 19.8 Å². The molecule has 0 aromatic rings. The fraction of sp³-hybridized carbons (Fsp3) is 0.880. The summed E-state index contributed by atoms with van der Waals surface area (Å²) in [5.74, 6) is -0.807. The Bertz CT molecular complexity index is 1710. The second-order valence-electron chi connectivity index (χ2n) is 29.1. The van der Waals surface area contributed by atoms with Gasteiger partial charge in [-0.2, -0.15) is 0 Å². The lowest BCUT2D eigenvalue weighted by atomic mass is 10.0. The van der Waals surface area contributed by atoms with Gasteiger partial charge in [-0.3, -0.25) is 14.2 Å². The van der Waals surface area contributed by atoms with Crippen molar-refractivity contribution in [3.8, 4) is 0 Å². The van der Waals surface area contributed by atoms with Gasteiger partial charge in [0.2, 0.25) is 0 Å². The van der Waals surface area contributed by atoms with Gasteiger partial charge in [0.05, 0.1) is 27.7 Å². The van der Waals surface area contributed by atoms with Crippen LogP contribution in [0.1, 0.15) is 418 Å². The lowest BCUT2D eigenvalue weighted by molar-refractivity contribution is -0.870. The van der Waals surface area contributed by atoms with E-state index in [1.165, 1.54) is 327 Å². The predicted molar refractivity (Wildman–Crippen MR) is 402 cm³/mol. The Morgan fingerprint density at radius 2 is 0.613 bits per heavy atom. The van der Waals surface area contributed by atoms with Gasteiger partial charge in [-0.1, -0.05) is 403 Å². The number of allylic oxidation sites excluding steroid dienone is 8. The van der Waals surface area contributed by atoms with Crippen molar-refractivity contribution in [3.63, 3.8) is 0 Å². The van der Waals surface area contributed by atoms with E-state index in [0.717, 1.165) is 57.8 Å². The van der Waals surface area contributed by atoms with Crippen LogP contribution in [0.25, 0.3) is 0 Å². The Hall–Kier alpha value is -2.03. The number of unbranched alkanes of at least 4 members (excludes halogenated alkanes) is 55. The molecule has 0 spiro atoms. The summed E-state index contributed by atoms with van der Waals surface area (Å²) in [7, 11) is 1.19. The third-order valence-corrected chi connectivity index (χ3v) is 19.6. The Morgan fingerprint density at radius 3 is 0.914 bits per heavy atom. The zero-order valence-corrected chi connectivity index (χ0v) is 63.6. The molecule has 0 bridgehead atoms. The van der Waals surface area contributed by atoms with Crippen LogP contribution in [0.15, 0.2) is 48.6 Å². The summed E-state index contributed by atoms with van der Waals surface area (Å²) in [6.07, 6.45) is 98.2. The number of hydrogen-bond acceptors (Lipinski definition) is 8. The molecular formula is C83H158NO8P. The summed E-state index contributed by atoms with van der Waals surface area (Å²) < 4.78 is 34.4. The largest absolute Gasteiger partial charge is 0.756 e. The molecule has 0 heterocycles. The molecule has 93 heavy (non-hydrogen) atoms. The van der Waals surface area contributed by atoms with Crippen molar-refractivity contribution in [1.82, 2.24) is 0 Å². The van der Waals surface area contributed by atoms with Gasteiger partial charge in [-0.05, 0) is 51.4 Å². The van der Waals surface area contributed by atoms with Crippen LogP contribution in [0.3, 0.4) is 0 Å². The molecule has 0 saturated heterocycles. The van der Waals surface area contributed by atoms with Crippen LogP contribution in [-0.2, 0) is 32.7 Å². The summed E-state index contributed by atoms with van der Waals surface area (Å²) in [6, 6.07) is 0. The topological polar surface area (TPSA) is 111 Å². The molecule has 0 aromatic carbocycles. The predicted octanol–water partition coefficient (Wildman–Crippen LogP) is 26.5. The molecule has 10 heteroatoms. The first-order valence-electron chi connectivity index (χ1n) is 40.8. The number of hydrogen-bond donors (Lipinski definition) is 0. The first-order valence-corrected chi connectivity index (χ1v) is 42.3. The van der Waals surface area contributed by atoms with Crippen molar-refractivity contribution in [2.75, 3.05) is 47.5 Å². The summed E-state index contributed by atoms with van der Waals surface area (Å²) in [5, 5.41) is 0. The zero-order chi connectivity index (χ0) is 67.6. The van der Waals surface area contributed by atoms with Gasteiger partial charge in [0.25, 0.3) is 7.82 Å². The highest BCUT2D eigenvalue weighted by molar-refractivity contribution is 7.45. The Kier molecular flexibility index (Phi) is 72.6. The third-order valence-electron chi connectivity index (χ3n) is 18.6. The highest BCUT2D eigenvalue weighted by atomic mass is 31.2. The number of carbonyl (C=O) groups excluding carboxylic acids is 2. The Balaban J connectivity index is 3.89. The summed E-state index contributed by atoms with van der Waals surface area (Å²) >= 11 is 0. The van der Waals surface area contributed by atoms with Gasteiger partial charge in [-0.15, -0.1) is 0 Å². The number of rotatable bonds is 77. The Morgan fingerprint density at radius 1 is 0.344 bits per heavy atom. The maximum atomic E-state index is 12.9. The number of nitrogens with zero attached hydrogens (tertiary/aromatic N) is 1. The van der Waals surface area contributed by atoms with Crippen molar-refractivity contribution in [2.24, 2.45) is 0 Å². The van der Waals surface area contributed by atoms with E-state index in [0.29, 0.717) is 17.4 Å². The van der Waals surface area contributed by atoms with Crippen LogP contribution >= 0.6 is 7.82 Å². The summed E-state index contributed by atoms with van der Waals surface area (Å²) in [5.41, 5.74) is 0. The molecule has 548 valence electrons. The summed E-state index contributed by atoms with van der Waals surface area (Å²) in [6.45, 7) is 4.21. The van der Waals surface area contributed by atoms with Gasteiger partial charge < -0.3 is 27.9 Å². The van der Waals surface area contributed by atoms with Gasteiger partial charge in [-0.25, -0.2) is 0 Å². The average molecular weight is 1330 g/mol. The highest BCUT2D eigenvalue weighted by Crippen LogP contribution is 2.38. The van der Waals surface area contributed by atoms with Crippen LogP contribution in [0.2, 0.25) is 0 Å². The number of phosphoric acid groups is 1. The number of ether oxygens (including phenoxy) is 2. The van der Waals surface area contributed by atoms with Crippen LogP contribution in [0.4, 0.5) is 0 Å². The van der Waals surface area contributed by atoms with Crippen molar-refractivity contribution in [1.29, 1.82) is 0 Å². The van der Waals surface area contributed by atoms with E-state index in [4.69, 9.17) is 18.5 Å². The minimum atomic E-state index is -4.64. The van der Waals surface area contributed by atoms with Crippen molar-refractivity contribution in [3.05, 3.63) is 48.6 Å². The van der Waals surface area contributed by atoms with E-state index in [-0.39, 0.29) is 32.0 Å². The molecule has 0 N–H and O–H groups in total. The molecule has 2 atom stereocenters. The minimum absolute atomic E-state index is 0.0274. The van der Waals surface area contributed by atoms with E-state index in [1.54, 1.807) is 0 Å². The first-order chi connectivity index (χ1) is 45.5. The lowest BCUT2D eigenvalue weighted by Crippen LogP contribution is -2.37. The average Bonchev–Trinajstić information content (AvgIpc) is 2.44. The second-order valence-corrected chi connectivity index (χ2v) is 30.5. The Labute approximate surface area is 579 Å². The monoisotopic (exact) mass is 1330 g/mol. The zero-order valence-electron chi connectivity index (χ0n) is 62.7. The molecule has 0 fully saturated rings. The van der Waals surface area contributed by atoms with Crippen molar-refractivity contribution >= 4 is 19.8 Å². The van der Waals surface area contributed by atoms with Crippen molar-refractivity contribution in [2.45, 2.75) is 424 Å². The smallest absolute Gasteiger partial charge is 0.306 e. The molecule has 0 amide bonds. The maximum absolute atomic E-state index is 12.9. The number of esters is 2. The van der Waals surface area contributed by atoms with Crippen LogP contribution in [0, 0.1) is 0 Å². The fourth-order valence-electron chi connectivity index (χ4n) is 12.4.